The number of nitrogens with zero attached hydrogens (tertiary/aromatic N) is 2. The molecule has 0 atom stereocenters. The first-order valence-electron chi connectivity index (χ1n) is 8.22. The van der Waals surface area contributed by atoms with Gasteiger partial charge in [-0.15, -0.1) is 0 Å². The van der Waals surface area contributed by atoms with Crippen LogP contribution in [0.2, 0.25) is 0 Å². The number of hydrogen-bond acceptors (Lipinski definition) is 3. The molecular formula is C19H19N3O2. The molecular weight excluding hydrogens is 302 g/mol. The summed E-state index contributed by atoms with van der Waals surface area (Å²) in [4.78, 5) is 27.2. The Balaban J connectivity index is 1.82. The molecule has 0 spiro atoms. The summed E-state index contributed by atoms with van der Waals surface area (Å²) in [7, 11) is 1.48. The summed E-state index contributed by atoms with van der Waals surface area (Å²) >= 11 is 0. The Morgan fingerprint density at radius 1 is 1.00 bits per heavy atom. The van der Waals surface area contributed by atoms with Gasteiger partial charge in [0.25, 0.3) is 5.91 Å². The van der Waals surface area contributed by atoms with Gasteiger partial charge in [-0.3, -0.25) is 9.69 Å². The fourth-order valence-electron chi connectivity index (χ4n) is 3.44. The Morgan fingerprint density at radius 2 is 1.71 bits per heavy atom. The highest BCUT2D eigenvalue weighted by Gasteiger charge is 2.30. The fraction of sp³-hybridized carbons (Fsp3) is 0.263. The van der Waals surface area contributed by atoms with E-state index in [1.807, 2.05) is 18.2 Å². The first-order chi connectivity index (χ1) is 11.6. The molecule has 1 N–H and O–H groups in total. The molecule has 2 heterocycles. The van der Waals surface area contributed by atoms with Crippen LogP contribution in [0, 0.1) is 0 Å². The monoisotopic (exact) mass is 321 g/mol. The van der Waals surface area contributed by atoms with Gasteiger partial charge in [0, 0.05) is 31.2 Å². The zero-order valence-corrected chi connectivity index (χ0v) is 13.6. The molecule has 122 valence electrons. The number of amides is 3. The predicted octanol–water partition coefficient (Wildman–Crippen LogP) is 2.96. The van der Waals surface area contributed by atoms with Gasteiger partial charge in [-0.1, -0.05) is 30.3 Å². The molecule has 0 aliphatic carbocycles. The van der Waals surface area contributed by atoms with E-state index in [1.165, 1.54) is 31.0 Å². The van der Waals surface area contributed by atoms with Crippen molar-refractivity contribution in [3.05, 3.63) is 47.7 Å². The van der Waals surface area contributed by atoms with Crippen molar-refractivity contribution in [1.29, 1.82) is 0 Å². The molecule has 4 rings (SSSR count). The van der Waals surface area contributed by atoms with E-state index in [4.69, 9.17) is 0 Å². The largest absolute Gasteiger partial charge is 0.371 e. The number of urea groups is 1. The summed E-state index contributed by atoms with van der Waals surface area (Å²) in [5.41, 5.74) is 2.50. The third kappa shape index (κ3) is 2.33. The van der Waals surface area contributed by atoms with Gasteiger partial charge in [-0.05, 0) is 35.9 Å². The highest BCUT2D eigenvalue weighted by atomic mass is 16.2. The van der Waals surface area contributed by atoms with Crippen LogP contribution in [-0.4, -0.2) is 37.0 Å². The van der Waals surface area contributed by atoms with Crippen molar-refractivity contribution in [3.8, 4) is 0 Å². The summed E-state index contributed by atoms with van der Waals surface area (Å²) in [6, 6.07) is 12.0. The second-order valence-electron chi connectivity index (χ2n) is 6.27. The van der Waals surface area contributed by atoms with Crippen molar-refractivity contribution in [2.24, 2.45) is 0 Å². The molecule has 0 unspecified atom stereocenters. The van der Waals surface area contributed by atoms with Crippen LogP contribution in [0.4, 0.5) is 10.5 Å². The van der Waals surface area contributed by atoms with E-state index in [-0.39, 0.29) is 11.9 Å². The molecule has 3 amide bonds. The van der Waals surface area contributed by atoms with Crippen LogP contribution in [0.15, 0.2) is 42.1 Å². The van der Waals surface area contributed by atoms with E-state index in [1.54, 1.807) is 6.08 Å². The number of rotatable bonds is 2. The lowest BCUT2D eigenvalue weighted by Gasteiger charge is -2.20. The van der Waals surface area contributed by atoms with Crippen LogP contribution in [-0.2, 0) is 4.79 Å². The predicted molar refractivity (Wildman–Crippen MR) is 94.7 cm³/mol. The quantitative estimate of drug-likeness (QED) is 0.683. The Kier molecular flexibility index (Phi) is 3.49. The molecule has 0 bridgehead atoms. The number of fused-ring (bicyclic) bond motifs is 1. The molecule has 5 heteroatoms. The summed E-state index contributed by atoms with van der Waals surface area (Å²) in [5.74, 6) is -0.298. The molecule has 2 aliphatic heterocycles. The lowest BCUT2D eigenvalue weighted by molar-refractivity contribution is -0.121. The van der Waals surface area contributed by atoms with Crippen LogP contribution >= 0.6 is 0 Å². The third-order valence-electron chi connectivity index (χ3n) is 4.76. The standard InChI is InChI=1S/C19H19N3O2/c1-21-18(23)16(20-19(21)24)12-13-8-9-17(22-10-4-5-11-22)15-7-3-2-6-14(13)15/h2-3,6-9,12H,4-5,10-11H2,1H3,(H,20,24)/b16-12+. The van der Waals surface area contributed by atoms with Gasteiger partial charge in [-0.25, -0.2) is 4.79 Å². The van der Waals surface area contributed by atoms with Crippen LogP contribution in [0.25, 0.3) is 16.8 Å². The number of likely N-dealkylation sites (N-methyl/N-ethyl adjacent to an activating group) is 1. The topological polar surface area (TPSA) is 52.7 Å². The number of anilines is 1. The third-order valence-corrected chi connectivity index (χ3v) is 4.76. The van der Waals surface area contributed by atoms with Crippen molar-refractivity contribution >= 4 is 34.5 Å². The second kappa shape index (κ2) is 5.67. The molecule has 5 nitrogen and oxygen atoms in total. The summed E-state index contributed by atoms with van der Waals surface area (Å²) in [5, 5.41) is 4.89. The maximum Gasteiger partial charge on any atom is 0.328 e. The van der Waals surface area contributed by atoms with Gasteiger partial charge >= 0.3 is 6.03 Å². The molecule has 0 saturated carbocycles. The first-order valence-corrected chi connectivity index (χ1v) is 8.22. The van der Waals surface area contributed by atoms with E-state index < -0.39 is 0 Å². The first kappa shape index (κ1) is 14.8. The van der Waals surface area contributed by atoms with Crippen molar-refractivity contribution in [3.63, 3.8) is 0 Å². The van der Waals surface area contributed by atoms with Crippen molar-refractivity contribution in [2.45, 2.75) is 12.8 Å². The number of carbonyl (C=O) groups excluding carboxylic acids is 2. The van der Waals surface area contributed by atoms with Crippen molar-refractivity contribution < 1.29 is 9.59 Å². The lowest BCUT2D eigenvalue weighted by Crippen LogP contribution is -2.25. The Hall–Kier alpha value is -2.82. The number of hydrogen-bond donors (Lipinski definition) is 1. The van der Waals surface area contributed by atoms with E-state index >= 15 is 0 Å². The van der Waals surface area contributed by atoms with Gasteiger partial charge in [0.15, 0.2) is 0 Å². The van der Waals surface area contributed by atoms with Gasteiger partial charge in [0.05, 0.1) is 0 Å². The minimum atomic E-state index is -0.385. The highest BCUT2D eigenvalue weighted by Crippen LogP contribution is 2.32. The zero-order valence-electron chi connectivity index (χ0n) is 13.6. The second-order valence-corrected chi connectivity index (χ2v) is 6.27. The van der Waals surface area contributed by atoms with Crippen molar-refractivity contribution in [2.75, 3.05) is 25.0 Å². The molecule has 0 radical (unpaired) electrons. The number of imide groups is 1. The molecule has 2 saturated heterocycles. The Bertz CT molecular complexity index is 866. The van der Waals surface area contributed by atoms with Crippen LogP contribution in [0.5, 0.6) is 0 Å². The number of carbonyl (C=O) groups is 2. The zero-order chi connectivity index (χ0) is 16.7. The van der Waals surface area contributed by atoms with E-state index in [0.29, 0.717) is 5.70 Å². The van der Waals surface area contributed by atoms with Gasteiger partial charge in [0.2, 0.25) is 0 Å². The van der Waals surface area contributed by atoms with Gasteiger partial charge < -0.3 is 10.2 Å². The molecule has 2 aliphatic rings. The number of nitrogens with one attached hydrogen (secondary N) is 1. The van der Waals surface area contributed by atoms with Crippen LogP contribution in [0.1, 0.15) is 18.4 Å². The van der Waals surface area contributed by atoms with E-state index in [0.717, 1.165) is 28.9 Å². The Labute approximate surface area is 140 Å². The summed E-state index contributed by atoms with van der Waals surface area (Å²) in [6.45, 7) is 2.17. The molecule has 24 heavy (non-hydrogen) atoms. The minimum Gasteiger partial charge on any atom is -0.371 e. The minimum absolute atomic E-state index is 0.298. The van der Waals surface area contributed by atoms with E-state index in [2.05, 4.69) is 28.4 Å². The van der Waals surface area contributed by atoms with Crippen LogP contribution in [0.3, 0.4) is 0 Å². The average Bonchev–Trinajstić information content (AvgIpc) is 3.21. The molecule has 2 aromatic carbocycles. The number of benzene rings is 2. The maximum absolute atomic E-state index is 12.1. The van der Waals surface area contributed by atoms with E-state index in [9.17, 15) is 9.59 Å². The SMILES string of the molecule is CN1C(=O)N/C(=C/c2ccc(N3CCCC3)c3ccccc23)C1=O. The highest BCUT2D eigenvalue weighted by molar-refractivity contribution is 6.14. The summed E-state index contributed by atoms with van der Waals surface area (Å²) < 4.78 is 0. The smallest absolute Gasteiger partial charge is 0.328 e. The van der Waals surface area contributed by atoms with Gasteiger partial charge in [0.1, 0.15) is 5.70 Å². The molecule has 0 aromatic heterocycles. The summed E-state index contributed by atoms with van der Waals surface area (Å²) in [6.07, 6.45) is 4.22. The average molecular weight is 321 g/mol. The lowest BCUT2D eigenvalue weighted by atomic mass is 10.0. The molecule has 2 fully saturated rings. The van der Waals surface area contributed by atoms with Gasteiger partial charge in [-0.2, -0.15) is 0 Å². The maximum atomic E-state index is 12.1. The Morgan fingerprint density at radius 3 is 2.38 bits per heavy atom. The molecule has 2 aromatic rings. The fourth-order valence-corrected chi connectivity index (χ4v) is 3.44. The van der Waals surface area contributed by atoms with Crippen LogP contribution < -0.4 is 10.2 Å². The van der Waals surface area contributed by atoms with Crippen molar-refractivity contribution in [1.82, 2.24) is 10.2 Å². The normalized spacial score (nSPS) is 19.6.